The molecule has 0 aliphatic rings. The highest BCUT2D eigenvalue weighted by atomic mass is 16.3. The van der Waals surface area contributed by atoms with Crippen LogP contribution in [0.3, 0.4) is 0 Å². The third kappa shape index (κ3) is 3.13. The van der Waals surface area contributed by atoms with Crippen LogP contribution in [-0.2, 0) is 0 Å². The van der Waals surface area contributed by atoms with Gasteiger partial charge in [-0.3, -0.25) is 4.79 Å². The van der Waals surface area contributed by atoms with E-state index < -0.39 is 0 Å². The number of nitrogens with one attached hydrogen (secondary N) is 1. The van der Waals surface area contributed by atoms with E-state index >= 15 is 0 Å². The van der Waals surface area contributed by atoms with Gasteiger partial charge in [-0.25, -0.2) is 0 Å². The number of carbonyl (C=O) groups is 1. The minimum absolute atomic E-state index is 0.0822. The molecule has 3 heteroatoms. The van der Waals surface area contributed by atoms with E-state index in [1.807, 2.05) is 38.1 Å². The third-order valence-corrected chi connectivity index (χ3v) is 2.86. The highest BCUT2D eigenvalue weighted by Gasteiger charge is 2.06. The van der Waals surface area contributed by atoms with Crippen molar-refractivity contribution in [2.24, 2.45) is 0 Å². The Morgan fingerprint density at radius 2 is 1.95 bits per heavy atom. The second-order valence-electron chi connectivity index (χ2n) is 4.50. The molecule has 0 radical (unpaired) electrons. The van der Waals surface area contributed by atoms with Crippen LogP contribution in [0.15, 0.2) is 42.5 Å². The summed E-state index contributed by atoms with van der Waals surface area (Å²) in [6.45, 7) is 4.42. The average molecular weight is 255 g/mol. The number of hydrogen-bond acceptors (Lipinski definition) is 2. The Labute approximate surface area is 112 Å². The second kappa shape index (κ2) is 5.57. The number of aryl methyl sites for hydroxylation is 1. The molecule has 0 aromatic heterocycles. The summed E-state index contributed by atoms with van der Waals surface area (Å²) >= 11 is 0. The van der Waals surface area contributed by atoms with Gasteiger partial charge in [0.15, 0.2) is 0 Å². The molecule has 1 amide bonds. The van der Waals surface area contributed by atoms with Gasteiger partial charge in [0.25, 0.3) is 5.91 Å². The molecule has 0 fully saturated rings. The number of benzene rings is 2. The quantitative estimate of drug-likeness (QED) is 0.885. The van der Waals surface area contributed by atoms with E-state index in [2.05, 4.69) is 5.32 Å². The summed E-state index contributed by atoms with van der Waals surface area (Å²) in [5, 5.41) is 12.4. The van der Waals surface area contributed by atoms with Crippen molar-refractivity contribution in [3.8, 4) is 16.9 Å². The molecule has 0 saturated carbocycles. The summed E-state index contributed by atoms with van der Waals surface area (Å²) in [7, 11) is 0. The molecule has 0 saturated heterocycles. The van der Waals surface area contributed by atoms with Crippen molar-refractivity contribution in [3.05, 3.63) is 53.6 Å². The van der Waals surface area contributed by atoms with Crippen molar-refractivity contribution in [1.29, 1.82) is 0 Å². The van der Waals surface area contributed by atoms with Gasteiger partial charge in [0.2, 0.25) is 0 Å². The second-order valence-corrected chi connectivity index (χ2v) is 4.50. The molecule has 2 N–H and O–H groups in total. The number of rotatable bonds is 3. The lowest BCUT2D eigenvalue weighted by molar-refractivity contribution is 0.0956. The Balaban J connectivity index is 2.40. The number of hydrogen-bond donors (Lipinski definition) is 2. The van der Waals surface area contributed by atoms with Crippen LogP contribution in [0.5, 0.6) is 5.75 Å². The predicted octanol–water partition coefficient (Wildman–Crippen LogP) is 3.12. The van der Waals surface area contributed by atoms with Gasteiger partial charge in [-0.05, 0) is 54.8 Å². The molecule has 2 rings (SSSR count). The molecule has 3 nitrogen and oxygen atoms in total. The number of phenols is 1. The molecule has 2 aromatic carbocycles. The summed E-state index contributed by atoms with van der Waals surface area (Å²) in [6, 6.07) is 12.8. The molecule has 2 aromatic rings. The number of phenolic OH excluding ortho intramolecular Hbond substituents is 1. The monoisotopic (exact) mass is 255 g/mol. The van der Waals surface area contributed by atoms with Gasteiger partial charge in [-0.1, -0.05) is 18.2 Å². The largest absolute Gasteiger partial charge is 0.508 e. The fraction of sp³-hybridized carbons (Fsp3) is 0.188. The normalized spacial score (nSPS) is 10.2. The lowest BCUT2D eigenvalue weighted by Gasteiger charge is -2.07. The first-order valence-corrected chi connectivity index (χ1v) is 6.29. The molecule has 98 valence electrons. The van der Waals surface area contributed by atoms with Crippen LogP contribution in [0.25, 0.3) is 11.1 Å². The molecule has 0 aliphatic carbocycles. The van der Waals surface area contributed by atoms with Gasteiger partial charge in [0.05, 0.1) is 0 Å². The molecule has 0 bridgehead atoms. The van der Waals surface area contributed by atoms with Crippen LogP contribution in [0.1, 0.15) is 22.8 Å². The van der Waals surface area contributed by atoms with E-state index in [4.69, 9.17) is 0 Å². The lowest BCUT2D eigenvalue weighted by atomic mass is 10.0. The molecule has 0 unspecified atom stereocenters. The summed E-state index contributed by atoms with van der Waals surface area (Å²) in [5.74, 6) is 0.152. The minimum Gasteiger partial charge on any atom is -0.508 e. The Hall–Kier alpha value is -2.29. The van der Waals surface area contributed by atoms with Crippen molar-refractivity contribution in [3.63, 3.8) is 0 Å². The highest BCUT2D eigenvalue weighted by Crippen LogP contribution is 2.25. The van der Waals surface area contributed by atoms with Gasteiger partial charge in [0, 0.05) is 12.1 Å². The lowest BCUT2D eigenvalue weighted by Crippen LogP contribution is -2.22. The van der Waals surface area contributed by atoms with Crippen molar-refractivity contribution >= 4 is 5.91 Å². The zero-order valence-electron chi connectivity index (χ0n) is 11.1. The van der Waals surface area contributed by atoms with Gasteiger partial charge < -0.3 is 10.4 Å². The molecule has 0 aliphatic heterocycles. The molecular weight excluding hydrogens is 238 g/mol. The molecule has 0 spiro atoms. The molecule has 19 heavy (non-hydrogen) atoms. The van der Waals surface area contributed by atoms with Crippen molar-refractivity contribution in [2.75, 3.05) is 6.54 Å². The average Bonchev–Trinajstić information content (AvgIpc) is 2.38. The van der Waals surface area contributed by atoms with Crippen LogP contribution in [0.2, 0.25) is 0 Å². The van der Waals surface area contributed by atoms with E-state index in [0.29, 0.717) is 12.1 Å². The predicted molar refractivity (Wildman–Crippen MR) is 76.3 cm³/mol. The smallest absolute Gasteiger partial charge is 0.251 e. The third-order valence-electron chi connectivity index (χ3n) is 2.86. The Morgan fingerprint density at radius 1 is 1.16 bits per heavy atom. The van der Waals surface area contributed by atoms with Crippen molar-refractivity contribution in [1.82, 2.24) is 5.32 Å². The number of aromatic hydroxyl groups is 1. The minimum atomic E-state index is -0.0822. The van der Waals surface area contributed by atoms with Gasteiger partial charge >= 0.3 is 0 Å². The maximum atomic E-state index is 11.8. The Kier molecular flexibility index (Phi) is 3.85. The first-order chi connectivity index (χ1) is 9.10. The van der Waals surface area contributed by atoms with Crippen LogP contribution in [0.4, 0.5) is 0 Å². The zero-order valence-corrected chi connectivity index (χ0v) is 11.1. The van der Waals surface area contributed by atoms with Crippen LogP contribution in [0, 0.1) is 6.92 Å². The van der Waals surface area contributed by atoms with E-state index in [0.717, 1.165) is 16.7 Å². The standard InChI is InChI=1S/C16H17NO2/c1-3-17-16(19)13-6-4-5-12(9-13)14-7-11(2)8-15(18)10-14/h4-10,18H,3H2,1-2H3,(H,17,19). The SMILES string of the molecule is CCNC(=O)c1cccc(-c2cc(C)cc(O)c2)c1. The number of amides is 1. The van der Waals surface area contributed by atoms with E-state index in [1.54, 1.807) is 18.2 Å². The van der Waals surface area contributed by atoms with Crippen molar-refractivity contribution in [2.45, 2.75) is 13.8 Å². The summed E-state index contributed by atoms with van der Waals surface area (Å²) in [4.78, 5) is 11.8. The summed E-state index contributed by atoms with van der Waals surface area (Å²) < 4.78 is 0. The van der Waals surface area contributed by atoms with Crippen molar-refractivity contribution < 1.29 is 9.90 Å². The number of carbonyl (C=O) groups excluding carboxylic acids is 1. The van der Waals surface area contributed by atoms with Crippen LogP contribution in [-0.4, -0.2) is 17.6 Å². The maximum Gasteiger partial charge on any atom is 0.251 e. The Bertz CT molecular complexity index is 585. The molecule has 0 atom stereocenters. The van der Waals surface area contributed by atoms with Gasteiger partial charge in [0.1, 0.15) is 5.75 Å². The topological polar surface area (TPSA) is 49.3 Å². The highest BCUT2D eigenvalue weighted by molar-refractivity contribution is 5.95. The van der Waals surface area contributed by atoms with E-state index in [-0.39, 0.29) is 11.7 Å². The fourth-order valence-corrected chi connectivity index (χ4v) is 2.03. The zero-order chi connectivity index (χ0) is 13.8. The van der Waals surface area contributed by atoms with Crippen LogP contribution < -0.4 is 5.32 Å². The first-order valence-electron chi connectivity index (χ1n) is 6.29. The van der Waals surface area contributed by atoms with E-state index in [1.165, 1.54) is 0 Å². The summed E-state index contributed by atoms with van der Waals surface area (Å²) in [5.41, 5.74) is 3.44. The molecule has 0 heterocycles. The van der Waals surface area contributed by atoms with Gasteiger partial charge in [-0.2, -0.15) is 0 Å². The maximum absolute atomic E-state index is 11.8. The fourth-order valence-electron chi connectivity index (χ4n) is 2.03. The first kappa shape index (κ1) is 13.1. The van der Waals surface area contributed by atoms with Gasteiger partial charge in [-0.15, -0.1) is 0 Å². The Morgan fingerprint density at radius 3 is 2.63 bits per heavy atom. The van der Waals surface area contributed by atoms with E-state index in [9.17, 15) is 9.90 Å². The molecular formula is C16H17NO2. The van der Waals surface area contributed by atoms with Crippen LogP contribution >= 0.6 is 0 Å². The summed E-state index contributed by atoms with van der Waals surface area (Å²) in [6.07, 6.45) is 0.